The normalized spacial score (nSPS) is 12.9. The van der Waals surface area contributed by atoms with Crippen molar-refractivity contribution in [1.82, 2.24) is 20.3 Å². The Morgan fingerprint density at radius 3 is 1.28 bits per heavy atom. The van der Waals surface area contributed by atoms with E-state index in [-0.39, 0.29) is 0 Å². The molecule has 1 aliphatic rings. The summed E-state index contributed by atoms with van der Waals surface area (Å²) in [7, 11) is 0. The first-order valence-electron chi connectivity index (χ1n) is 20.4. The summed E-state index contributed by atoms with van der Waals surface area (Å²) in [5.74, 6) is 1.79. The van der Waals surface area contributed by atoms with Crippen LogP contribution in [0, 0.1) is 5.41 Å². The molecule has 61 heavy (non-hydrogen) atoms. The summed E-state index contributed by atoms with van der Waals surface area (Å²) in [5, 5.41) is 12.4. The van der Waals surface area contributed by atoms with Gasteiger partial charge in [-0.2, -0.15) is 0 Å². The average Bonchev–Trinajstić information content (AvgIpc) is 3.35. The quantitative estimate of drug-likeness (QED) is 0.143. The first-order valence-corrected chi connectivity index (χ1v) is 20.4. The van der Waals surface area contributed by atoms with Gasteiger partial charge in [0.15, 0.2) is 17.5 Å². The van der Waals surface area contributed by atoms with Gasteiger partial charge in [0.05, 0.1) is 11.4 Å². The number of nitrogens with one attached hydrogen (secondary N) is 2. The lowest BCUT2D eigenvalue weighted by Gasteiger charge is -2.29. The standard InChI is InChI=1S/C56H39N5/c57-37-50(40-22-10-3-11-23-40)53-49-29-17-16-28-48(49)51(52(58-53)42-24-12-4-13-25-42)41-30-32-44(33-31-41)55-59-54(43-26-14-5-15-27-43)60-56(61-55)47-35-45(38-18-6-1-7-19-38)34-46(36-47)39-20-8-2-9-21-39/h1-37,57-58H/b53-50+,57-37?. The zero-order valence-electron chi connectivity index (χ0n) is 33.2. The molecule has 0 fully saturated rings. The minimum atomic E-state index is 0.588. The van der Waals surface area contributed by atoms with E-state index in [1.165, 1.54) is 6.21 Å². The lowest BCUT2D eigenvalue weighted by molar-refractivity contribution is 1.07. The van der Waals surface area contributed by atoms with Crippen LogP contribution in [0.3, 0.4) is 0 Å². The predicted octanol–water partition coefficient (Wildman–Crippen LogP) is 13.2. The summed E-state index contributed by atoms with van der Waals surface area (Å²) < 4.78 is 0. The summed E-state index contributed by atoms with van der Waals surface area (Å²) in [4.78, 5) is 15.4. The Hall–Kier alpha value is -8.28. The number of benzene rings is 8. The molecule has 0 atom stereocenters. The zero-order valence-corrected chi connectivity index (χ0v) is 33.2. The number of aromatic nitrogens is 3. The topological polar surface area (TPSA) is 74.6 Å². The van der Waals surface area contributed by atoms with Crippen molar-refractivity contribution in [2.24, 2.45) is 0 Å². The second-order valence-corrected chi connectivity index (χ2v) is 14.9. The smallest absolute Gasteiger partial charge is 0.164 e. The van der Waals surface area contributed by atoms with Crippen LogP contribution in [0.25, 0.3) is 79.0 Å². The molecule has 5 heteroatoms. The largest absolute Gasteiger partial charge is 0.353 e. The van der Waals surface area contributed by atoms with Crippen molar-refractivity contribution in [2.75, 3.05) is 0 Å². The van der Waals surface area contributed by atoms with Crippen molar-refractivity contribution >= 4 is 28.8 Å². The second kappa shape index (κ2) is 16.5. The molecule has 1 aliphatic heterocycles. The molecule has 0 aliphatic carbocycles. The average molecular weight is 782 g/mol. The predicted molar refractivity (Wildman–Crippen MR) is 251 cm³/mol. The molecule has 1 aromatic heterocycles. The van der Waals surface area contributed by atoms with Gasteiger partial charge >= 0.3 is 0 Å². The number of nitrogens with zero attached hydrogens (tertiary/aromatic N) is 3. The Kier molecular flexibility index (Phi) is 10.0. The van der Waals surface area contributed by atoms with Crippen molar-refractivity contribution in [3.05, 3.63) is 246 Å². The van der Waals surface area contributed by atoms with Crippen molar-refractivity contribution in [2.45, 2.75) is 0 Å². The molecule has 0 bridgehead atoms. The van der Waals surface area contributed by atoms with Crippen molar-refractivity contribution in [3.8, 4) is 56.4 Å². The van der Waals surface area contributed by atoms with Crippen LogP contribution in [-0.4, -0.2) is 21.2 Å². The van der Waals surface area contributed by atoms with E-state index in [2.05, 4.69) is 157 Å². The molecule has 0 amide bonds. The molecule has 0 saturated carbocycles. The van der Waals surface area contributed by atoms with Crippen LogP contribution in [0.1, 0.15) is 27.8 Å². The fourth-order valence-corrected chi connectivity index (χ4v) is 8.05. The molecule has 5 nitrogen and oxygen atoms in total. The maximum Gasteiger partial charge on any atom is 0.164 e. The molecule has 0 saturated heterocycles. The molecule has 288 valence electrons. The van der Waals surface area contributed by atoms with E-state index in [0.29, 0.717) is 17.5 Å². The summed E-state index contributed by atoms with van der Waals surface area (Å²) in [6, 6.07) is 75.1. The number of rotatable bonds is 9. The minimum Gasteiger partial charge on any atom is -0.353 e. The number of hydrogen-bond donors (Lipinski definition) is 2. The number of hydrogen-bond acceptors (Lipinski definition) is 5. The van der Waals surface area contributed by atoms with E-state index in [1.54, 1.807) is 0 Å². The van der Waals surface area contributed by atoms with Crippen LogP contribution in [0.4, 0.5) is 0 Å². The first kappa shape index (κ1) is 37.0. The van der Waals surface area contributed by atoms with Gasteiger partial charge in [0.2, 0.25) is 0 Å². The van der Waals surface area contributed by atoms with Gasteiger partial charge in [-0.3, -0.25) is 0 Å². The minimum absolute atomic E-state index is 0.588. The van der Waals surface area contributed by atoms with Gasteiger partial charge in [0, 0.05) is 39.6 Å². The lowest BCUT2D eigenvalue weighted by Crippen LogP contribution is -2.21. The third-order valence-corrected chi connectivity index (χ3v) is 11.0. The van der Waals surface area contributed by atoms with E-state index in [9.17, 15) is 0 Å². The van der Waals surface area contributed by atoms with Crippen molar-refractivity contribution < 1.29 is 0 Å². The van der Waals surface area contributed by atoms with E-state index >= 15 is 0 Å². The second-order valence-electron chi connectivity index (χ2n) is 14.9. The highest BCUT2D eigenvalue weighted by Crippen LogP contribution is 2.42. The monoisotopic (exact) mass is 781 g/mol. The molecule has 2 N–H and O–H groups in total. The van der Waals surface area contributed by atoms with Gasteiger partial charge in [0.25, 0.3) is 0 Å². The summed E-state index contributed by atoms with van der Waals surface area (Å²) in [5.41, 5.74) is 16.1. The molecule has 0 spiro atoms. The van der Waals surface area contributed by atoms with Gasteiger partial charge in [-0.1, -0.05) is 200 Å². The molecule has 8 aromatic carbocycles. The molecular formula is C56H39N5. The Morgan fingerprint density at radius 1 is 0.361 bits per heavy atom. The van der Waals surface area contributed by atoms with Gasteiger partial charge in [0.1, 0.15) is 0 Å². The Balaban J connectivity index is 1.12. The van der Waals surface area contributed by atoms with Gasteiger partial charge in [-0.05, 0) is 62.7 Å². The fourth-order valence-electron chi connectivity index (χ4n) is 8.05. The fraction of sp³-hybridized carbons (Fsp3) is 0. The molecular weight excluding hydrogens is 743 g/mol. The summed E-state index contributed by atoms with van der Waals surface area (Å²) in [6.07, 6.45) is 1.45. The van der Waals surface area contributed by atoms with Crippen LogP contribution in [0.5, 0.6) is 0 Å². The summed E-state index contributed by atoms with van der Waals surface area (Å²) in [6.45, 7) is 0. The van der Waals surface area contributed by atoms with Crippen LogP contribution >= 0.6 is 0 Å². The maximum atomic E-state index is 8.55. The van der Waals surface area contributed by atoms with Gasteiger partial charge < -0.3 is 10.7 Å². The highest BCUT2D eigenvalue weighted by Gasteiger charge is 2.27. The first-order chi connectivity index (χ1) is 30.2. The molecule has 10 rings (SSSR count). The highest BCUT2D eigenvalue weighted by atomic mass is 15.0. The van der Waals surface area contributed by atoms with E-state index < -0.39 is 0 Å². The van der Waals surface area contributed by atoms with Crippen molar-refractivity contribution in [1.29, 1.82) is 5.41 Å². The Bertz CT molecular complexity index is 3010. The Morgan fingerprint density at radius 2 is 0.754 bits per heavy atom. The summed E-state index contributed by atoms with van der Waals surface area (Å²) >= 11 is 0. The third kappa shape index (κ3) is 7.48. The SMILES string of the molecule is N=C/C(=C1\NC(c2ccccc2)=C(c2ccc(-c3nc(-c4ccccc4)nc(-c4cc(-c5ccccc5)cc(-c5ccccc5)c4)n3)cc2)c2ccccc21)c1ccccc1. The lowest BCUT2D eigenvalue weighted by atomic mass is 9.84. The van der Waals surface area contributed by atoms with Crippen LogP contribution in [0.2, 0.25) is 0 Å². The Labute approximate surface area is 355 Å². The molecule has 2 heterocycles. The van der Waals surface area contributed by atoms with Gasteiger partial charge in [-0.15, -0.1) is 0 Å². The maximum absolute atomic E-state index is 8.55. The van der Waals surface area contributed by atoms with E-state index in [4.69, 9.17) is 20.4 Å². The van der Waals surface area contributed by atoms with Crippen LogP contribution in [0.15, 0.2) is 218 Å². The van der Waals surface area contributed by atoms with Crippen LogP contribution in [-0.2, 0) is 0 Å². The van der Waals surface area contributed by atoms with E-state index in [1.807, 2.05) is 66.7 Å². The third-order valence-electron chi connectivity index (χ3n) is 11.0. The van der Waals surface area contributed by atoms with Crippen LogP contribution < -0.4 is 5.32 Å². The van der Waals surface area contributed by atoms with Gasteiger partial charge in [-0.25, -0.2) is 15.0 Å². The molecule has 9 aromatic rings. The van der Waals surface area contributed by atoms with Crippen molar-refractivity contribution in [3.63, 3.8) is 0 Å². The van der Waals surface area contributed by atoms with E-state index in [0.717, 1.165) is 89.3 Å². The zero-order chi connectivity index (χ0) is 41.0. The molecule has 0 unspecified atom stereocenters. The highest BCUT2D eigenvalue weighted by molar-refractivity contribution is 6.21. The number of allylic oxidation sites excluding steroid dienone is 1. The number of fused-ring (bicyclic) bond motifs is 1. The molecule has 0 radical (unpaired) electrons.